The normalized spacial score (nSPS) is 12.8. The van der Waals surface area contributed by atoms with Crippen molar-refractivity contribution in [3.05, 3.63) is 151 Å². The molecule has 6 rings (SSSR count). The third kappa shape index (κ3) is 20.5. The van der Waals surface area contributed by atoms with Gasteiger partial charge in [-0.15, -0.1) is 0 Å². The molecule has 1 atom stereocenters. The van der Waals surface area contributed by atoms with Gasteiger partial charge in [0.1, 0.15) is 35.6 Å². The highest BCUT2D eigenvalue weighted by molar-refractivity contribution is 5.81. The predicted octanol–water partition coefficient (Wildman–Crippen LogP) is 12.5. The molecule has 8 bridgehead atoms. The zero-order valence-electron chi connectivity index (χ0n) is 56.0. The van der Waals surface area contributed by atoms with Crippen LogP contribution in [-0.4, -0.2) is 102 Å². The van der Waals surface area contributed by atoms with Crippen LogP contribution in [0.4, 0.5) is 4.79 Å². The van der Waals surface area contributed by atoms with Crippen LogP contribution in [-0.2, 0) is 102 Å². The van der Waals surface area contributed by atoms with Crippen LogP contribution < -0.4 is 29.6 Å². The van der Waals surface area contributed by atoms with Crippen molar-refractivity contribution in [2.75, 3.05) is 59.9 Å². The molecular formula is C73H96N2O15. The smallest absolute Gasteiger partial charge is 0.408 e. The van der Waals surface area contributed by atoms with Gasteiger partial charge in [-0.2, -0.15) is 0 Å². The first kappa shape index (κ1) is 71.0. The molecule has 17 heteroatoms. The Morgan fingerprint density at radius 1 is 0.444 bits per heavy atom. The van der Waals surface area contributed by atoms with Crippen LogP contribution in [0.15, 0.2) is 78.9 Å². The van der Waals surface area contributed by atoms with Gasteiger partial charge in [-0.3, -0.25) is 4.79 Å². The van der Waals surface area contributed by atoms with E-state index >= 15 is 0 Å². The van der Waals surface area contributed by atoms with E-state index in [2.05, 4.69) is 142 Å². The van der Waals surface area contributed by atoms with Crippen molar-refractivity contribution in [1.82, 2.24) is 10.6 Å². The molecule has 0 aromatic heterocycles. The maximum atomic E-state index is 14.2. The molecule has 0 radical (unpaired) electrons. The monoisotopic (exact) mass is 1240 g/mol. The number of carbonyl (C=O) groups excluding carboxylic acids is 6. The number of unbranched alkanes of at least 4 members (excludes halogenated alkanes) is 1. The Labute approximate surface area is 532 Å². The Balaban J connectivity index is 1.56. The highest BCUT2D eigenvalue weighted by Crippen LogP contribution is 2.44. The second-order valence-corrected chi connectivity index (χ2v) is 26.9. The molecule has 2 amide bonds. The number of rotatable bonds is 24. The summed E-state index contributed by atoms with van der Waals surface area (Å²) in [4.78, 5) is 79.9. The largest absolute Gasteiger partial charge is 0.483 e. The predicted molar refractivity (Wildman–Crippen MR) is 346 cm³/mol. The Morgan fingerprint density at radius 2 is 0.767 bits per heavy atom. The van der Waals surface area contributed by atoms with Gasteiger partial charge in [-0.25, -0.2) is 24.0 Å². The van der Waals surface area contributed by atoms with Crippen LogP contribution in [0.25, 0.3) is 0 Å². The van der Waals surface area contributed by atoms with Gasteiger partial charge in [0.15, 0.2) is 26.4 Å². The number of hydrogen-bond donors (Lipinski definition) is 2. The summed E-state index contributed by atoms with van der Waals surface area (Å²) < 4.78 is 53.8. The number of benzene rings is 5. The van der Waals surface area contributed by atoms with Crippen molar-refractivity contribution in [2.24, 2.45) is 0 Å². The average molecular weight is 1240 g/mol. The first-order valence-electron chi connectivity index (χ1n) is 31.4. The fourth-order valence-electron chi connectivity index (χ4n) is 10.6. The number of fused-ring (bicyclic) bond motifs is 8. The summed E-state index contributed by atoms with van der Waals surface area (Å²) in [7, 11) is 1.25. The lowest BCUT2D eigenvalue weighted by atomic mass is 9.79. The minimum absolute atomic E-state index is 0.0286. The van der Waals surface area contributed by atoms with E-state index in [1.165, 1.54) is 7.11 Å². The second-order valence-electron chi connectivity index (χ2n) is 26.9. The highest BCUT2D eigenvalue weighted by Gasteiger charge is 2.31. The van der Waals surface area contributed by atoms with Gasteiger partial charge < -0.3 is 53.3 Å². The second kappa shape index (κ2) is 31.6. The van der Waals surface area contributed by atoms with Gasteiger partial charge in [0.2, 0.25) is 0 Å². The standard InChI is InChI=1S/C73H96N2O15/c1-17-83-61(77)43-87-65-49-29-47-33-55(70(4,5)6)34-48(64(47)86-42-60(76)74-28-24-23-27-59(68(80)82-16)75-69(81)90-41-46-25-21-20-22-26-46)30-50-36-57(72(10,11)12)38-52(66(50)88-44-62(78)84-18-2)32-54-40-58(73(13,14)15)39-53(67(54)89-45-63(79)85-19-3)31-51(65)37-56(35-49)71(7,8)9/h20-22,25-26,33-40,59H,17-19,23-24,27-32,41-45H2,1-16H3,(H,74,76)(H,75,81). The van der Waals surface area contributed by atoms with Crippen molar-refractivity contribution in [2.45, 2.75) is 183 Å². The fourth-order valence-corrected chi connectivity index (χ4v) is 10.6. The minimum atomic E-state index is -0.971. The van der Waals surface area contributed by atoms with Crippen molar-refractivity contribution < 1.29 is 71.4 Å². The van der Waals surface area contributed by atoms with E-state index in [1.807, 2.05) is 30.3 Å². The summed E-state index contributed by atoms with van der Waals surface area (Å²) in [5, 5.41) is 5.61. The van der Waals surface area contributed by atoms with Crippen molar-refractivity contribution >= 4 is 35.9 Å². The number of carbonyl (C=O) groups is 6. The maximum Gasteiger partial charge on any atom is 0.408 e. The lowest BCUT2D eigenvalue weighted by molar-refractivity contribution is -0.146. The topological polar surface area (TPSA) is 210 Å². The van der Waals surface area contributed by atoms with Crippen LogP contribution in [0.1, 0.15) is 195 Å². The van der Waals surface area contributed by atoms with Crippen molar-refractivity contribution in [1.29, 1.82) is 0 Å². The van der Waals surface area contributed by atoms with E-state index in [0.717, 1.165) is 72.3 Å². The molecule has 0 saturated heterocycles. The summed E-state index contributed by atoms with van der Waals surface area (Å²) in [6.07, 6.45) is 1.23. The Hall–Kier alpha value is -8.08. The zero-order valence-corrected chi connectivity index (χ0v) is 56.0. The first-order chi connectivity index (χ1) is 42.4. The zero-order chi connectivity index (χ0) is 66.1. The Bertz CT molecular complexity index is 3180. The highest BCUT2D eigenvalue weighted by atomic mass is 16.6. The molecule has 1 aliphatic carbocycles. The van der Waals surface area contributed by atoms with Crippen LogP contribution in [0.3, 0.4) is 0 Å². The molecule has 0 spiro atoms. The molecular weight excluding hydrogens is 1140 g/mol. The van der Waals surface area contributed by atoms with E-state index in [0.29, 0.717) is 35.8 Å². The van der Waals surface area contributed by atoms with Crippen LogP contribution in [0, 0.1) is 0 Å². The third-order valence-electron chi connectivity index (χ3n) is 15.5. The summed E-state index contributed by atoms with van der Waals surface area (Å²) in [5.74, 6) is -0.824. The number of ether oxygens (including phenoxy) is 9. The summed E-state index contributed by atoms with van der Waals surface area (Å²) >= 11 is 0. The van der Waals surface area contributed by atoms with Crippen LogP contribution in [0.5, 0.6) is 23.0 Å². The molecule has 2 N–H and O–H groups in total. The van der Waals surface area contributed by atoms with E-state index in [4.69, 9.17) is 42.6 Å². The molecule has 0 heterocycles. The molecule has 1 aliphatic rings. The summed E-state index contributed by atoms with van der Waals surface area (Å²) in [6, 6.07) is 25.1. The number of nitrogens with one attached hydrogen (secondary N) is 2. The number of alkyl carbamates (subject to hydrolysis) is 1. The van der Waals surface area contributed by atoms with Crippen LogP contribution >= 0.6 is 0 Å². The van der Waals surface area contributed by atoms with Gasteiger partial charge in [-0.05, 0) is 134 Å². The fraction of sp³-hybridized carbons (Fsp3) is 0.507. The van der Waals surface area contributed by atoms with Gasteiger partial charge in [0.05, 0.1) is 26.9 Å². The summed E-state index contributed by atoms with van der Waals surface area (Å²) in [6.45, 7) is 30.1. The molecule has 0 fully saturated rings. The first-order valence-corrected chi connectivity index (χ1v) is 31.4. The number of methoxy groups -OCH3 is 1. The van der Waals surface area contributed by atoms with E-state index in [1.54, 1.807) is 20.8 Å². The van der Waals surface area contributed by atoms with E-state index in [9.17, 15) is 28.8 Å². The quantitative estimate of drug-likeness (QED) is 0.0328. The van der Waals surface area contributed by atoms with Gasteiger partial charge in [-0.1, -0.05) is 162 Å². The molecule has 17 nitrogen and oxygen atoms in total. The van der Waals surface area contributed by atoms with Crippen LogP contribution in [0.2, 0.25) is 0 Å². The van der Waals surface area contributed by atoms with E-state index < -0.39 is 58.2 Å². The Morgan fingerprint density at radius 3 is 1.07 bits per heavy atom. The van der Waals surface area contributed by atoms with Crippen molar-refractivity contribution in [3.63, 3.8) is 0 Å². The number of amides is 2. The molecule has 488 valence electrons. The molecule has 0 saturated carbocycles. The average Bonchev–Trinajstić information content (AvgIpc) is 1.28. The lowest BCUT2D eigenvalue weighted by Crippen LogP contribution is -2.41. The van der Waals surface area contributed by atoms with E-state index in [-0.39, 0.29) is 96.9 Å². The minimum Gasteiger partial charge on any atom is -0.483 e. The maximum absolute atomic E-state index is 14.2. The number of hydrogen-bond acceptors (Lipinski definition) is 15. The third-order valence-corrected chi connectivity index (χ3v) is 15.5. The molecule has 1 unspecified atom stereocenters. The van der Waals surface area contributed by atoms with Crippen molar-refractivity contribution in [3.8, 4) is 23.0 Å². The Kier molecular flexibility index (Phi) is 24.9. The lowest BCUT2D eigenvalue weighted by Gasteiger charge is -2.29. The molecule has 90 heavy (non-hydrogen) atoms. The van der Waals surface area contributed by atoms with Gasteiger partial charge in [0.25, 0.3) is 5.91 Å². The SMILES string of the molecule is CCOC(=O)COc1c2cc(C(C)(C)C)cc1Cc1cc(C(C)(C)C)cc(c1OCC(=O)OCC)Cc1cc(C(C)(C)C)cc(c1OCC(=O)OCC)Cc1cc(C(C)(C)C)cc(c1OCC(=O)NCCCCC(NC(=O)OCc1ccccc1)C(=O)OC)C2. The molecule has 5 aromatic carbocycles. The number of esters is 4. The van der Waals surface area contributed by atoms with Gasteiger partial charge >= 0.3 is 30.0 Å². The molecule has 5 aromatic rings. The molecule has 0 aliphatic heterocycles. The van der Waals surface area contributed by atoms with Gasteiger partial charge in [0, 0.05) is 32.2 Å². The summed E-state index contributed by atoms with van der Waals surface area (Å²) in [5.41, 5.74) is 9.05.